The summed E-state index contributed by atoms with van der Waals surface area (Å²) in [5, 5.41) is 16.9. The second-order valence-electron chi connectivity index (χ2n) is 4.22. The molecule has 8 heteroatoms. The van der Waals surface area contributed by atoms with Gasteiger partial charge in [-0.05, 0) is 25.3 Å². The topological polar surface area (TPSA) is 56.5 Å². The third kappa shape index (κ3) is 3.45. The molecule has 0 saturated heterocycles. The van der Waals surface area contributed by atoms with E-state index in [1.165, 1.54) is 0 Å². The van der Waals surface area contributed by atoms with Gasteiger partial charge in [-0.1, -0.05) is 58.3 Å². The zero-order valence-electron chi connectivity index (χ0n) is 11.5. The summed E-state index contributed by atoms with van der Waals surface area (Å²) >= 11 is 4.88. The Hall–Kier alpha value is -1.38. The van der Waals surface area contributed by atoms with E-state index < -0.39 is 0 Å². The fourth-order valence-corrected chi connectivity index (χ4v) is 4.35. The number of aromatic nitrogens is 5. The van der Waals surface area contributed by atoms with E-state index in [0.29, 0.717) is 0 Å². The molecule has 0 aliphatic carbocycles. The number of thioether (sulfide) groups is 2. The standard InChI is InChI=1S/C13H13N5S3/c1-9(20-13-16-15-12(19-2)21-13)11-8-18(17-14-11)10-6-4-3-5-7-10/h3-9H,1-2H3/t9-/m1/s1. The van der Waals surface area contributed by atoms with E-state index in [1.807, 2.05) is 42.8 Å². The first-order valence-electron chi connectivity index (χ1n) is 6.28. The van der Waals surface area contributed by atoms with Crippen molar-refractivity contribution in [1.82, 2.24) is 25.2 Å². The number of hydrogen-bond acceptors (Lipinski definition) is 7. The van der Waals surface area contributed by atoms with Gasteiger partial charge in [0.1, 0.15) is 0 Å². The van der Waals surface area contributed by atoms with Crippen LogP contribution in [0.25, 0.3) is 5.69 Å². The van der Waals surface area contributed by atoms with Crippen LogP contribution in [-0.2, 0) is 0 Å². The van der Waals surface area contributed by atoms with Gasteiger partial charge in [0, 0.05) is 0 Å². The number of hydrogen-bond donors (Lipinski definition) is 0. The second-order valence-corrected chi connectivity index (χ2v) is 7.84. The Morgan fingerprint density at radius 2 is 1.86 bits per heavy atom. The lowest BCUT2D eigenvalue weighted by Crippen LogP contribution is -1.93. The van der Waals surface area contributed by atoms with Crippen molar-refractivity contribution in [3.8, 4) is 5.69 Å². The van der Waals surface area contributed by atoms with Crippen LogP contribution in [0.2, 0.25) is 0 Å². The molecule has 0 fully saturated rings. The fraction of sp³-hybridized carbons (Fsp3) is 0.231. The van der Waals surface area contributed by atoms with Crippen LogP contribution in [-0.4, -0.2) is 31.4 Å². The maximum absolute atomic E-state index is 4.26. The van der Waals surface area contributed by atoms with Crippen LogP contribution in [0.15, 0.2) is 45.2 Å². The first-order chi connectivity index (χ1) is 10.3. The van der Waals surface area contributed by atoms with Gasteiger partial charge in [-0.25, -0.2) is 4.68 Å². The number of nitrogens with zero attached hydrogens (tertiary/aromatic N) is 5. The van der Waals surface area contributed by atoms with Gasteiger partial charge < -0.3 is 0 Å². The summed E-state index contributed by atoms with van der Waals surface area (Å²) in [5.74, 6) is 0. The number of para-hydroxylation sites is 1. The molecule has 21 heavy (non-hydrogen) atoms. The van der Waals surface area contributed by atoms with Crippen molar-refractivity contribution in [1.29, 1.82) is 0 Å². The number of benzene rings is 1. The second kappa shape index (κ2) is 6.59. The highest BCUT2D eigenvalue weighted by Gasteiger charge is 2.15. The Bertz CT molecular complexity index is 709. The van der Waals surface area contributed by atoms with Crippen molar-refractivity contribution in [2.24, 2.45) is 0 Å². The zero-order valence-corrected chi connectivity index (χ0v) is 14.0. The Kier molecular flexibility index (Phi) is 4.57. The Balaban J connectivity index is 1.73. The molecule has 5 nitrogen and oxygen atoms in total. The summed E-state index contributed by atoms with van der Waals surface area (Å²) in [5.41, 5.74) is 1.94. The highest BCUT2D eigenvalue weighted by atomic mass is 32.2. The minimum Gasteiger partial charge on any atom is -0.220 e. The third-order valence-electron chi connectivity index (χ3n) is 2.79. The van der Waals surface area contributed by atoms with E-state index in [0.717, 1.165) is 20.1 Å². The molecule has 3 aromatic rings. The maximum atomic E-state index is 4.26. The van der Waals surface area contributed by atoms with Gasteiger partial charge in [-0.3, -0.25) is 0 Å². The van der Waals surface area contributed by atoms with Gasteiger partial charge in [0.25, 0.3) is 0 Å². The lowest BCUT2D eigenvalue weighted by molar-refractivity contribution is 0.797. The Morgan fingerprint density at radius 1 is 1.10 bits per heavy atom. The molecule has 0 spiro atoms. The molecule has 1 atom stereocenters. The average Bonchev–Trinajstić information content (AvgIpc) is 3.17. The predicted octanol–water partition coefficient (Wildman–Crippen LogP) is 3.69. The van der Waals surface area contributed by atoms with Crippen molar-refractivity contribution in [2.75, 3.05) is 6.26 Å². The molecule has 2 heterocycles. The highest BCUT2D eigenvalue weighted by molar-refractivity contribution is 8.03. The molecule has 0 bridgehead atoms. The van der Waals surface area contributed by atoms with Crippen molar-refractivity contribution in [2.45, 2.75) is 20.9 Å². The molecule has 0 aliphatic heterocycles. The maximum Gasteiger partial charge on any atom is 0.175 e. The monoisotopic (exact) mass is 335 g/mol. The van der Waals surface area contributed by atoms with Crippen LogP contribution in [0.4, 0.5) is 0 Å². The van der Waals surface area contributed by atoms with Crippen molar-refractivity contribution in [3.05, 3.63) is 42.2 Å². The zero-order chi connectivity index (χ0) is 14.7. The van der Waals surface area contributed by atoms with Gasteiger partial charge in [0.05, 0.1) is 22.8 Å². The van der Waals surface area contributed by atoms with Crippen molar-refractivity contribution < 1.29 is 0 Å². The van der Waals surface area contributed by atoms with Gasteiger partial charge in [0.2, 0.25) is 0 Å². The van der Waals surface area contributed by atoms with Crippen LogP contribution in [0.3, 0.4) is 0 Å². The summed E-state index contributed by atoms with van der Waals surface area (Å²) < 4.78 is 3.73. The van der Waals surface area contributed by atoms with E-state index in [2.05, 4.69) is 27.4 Å². The van der Waals surface area contributed by atoms with Crippen molar-refractivity contribution >= 4 is 34.9 Å². The third-order valence-corrected chi connectivity index (χ3v) is 5.90. The van der Waals surface area contributed by atoms with Crippen LogP contribution >= 0.6 is 34.9 Å². The molecule has 0 radical (unpaired) electrons. The Morgan fingerprint density at radius 3 is 2.57 bits per heavy atom. The molecular weight excluding hydrogens is 322 g/mol. The number of rotatable bonds is 5. The summed E-state index contributed by atoms with van der Waals surface area (Å²) in [6.07, 6.45) is 3.97. The lowest BCUT2D eigenvalue weighted by Gasteiger charge is -2.03. The molecular formula is C13H13N5S3. The average molecular weight is 335 g/mol. The van der Waals surface area contributed by atoms with Crippen LogP contribution in [0.5, 0.6) is 0 Å². The molecule has 3 rings (SSSR count). The lowest BCUT2D eigenvalue weighted by atomic mass is 10.3. The smallest absolute Gasteiger partial charge is 0.175 e. The van der Waals surface area contributed by atoms with Crippen LogP contribution < -0.4 is 0 Å². The molecule has 108 valence electrons. The van der Waals surface area contributed by atoms with Crippen LogP contribution in [0.1, 0.15) is 17.9 Å². The molecule has 0 amide bonds. The highest BCUT2D eigenvalue weighted by Crippen LogP contribution is 2.36. The Labute approximate surface area is 135 Å². The molecule has 2 aromatic heterocycles. The SMILES string of the molecule is CSc1nnc(S[C@H](C)c2cn(-c3ccccc3)nn2)s1. The van der Waals surface area contributed by atoms with Gasteiger partial charge in [-0.15, -0.1) is 15.3 Å². The molecule has 0 unspecified atom stereocenters. The summed E-state index contributed by atoms with van der Waals surface area (Å²) in [7, 11) is 0. The van der Waals surface area contributed by atoms with E-state index in [4.69, 9.17) is 0 Å². The van der Waals surface area contributed by atoms with Gasteiger partial charge in [0.15, 0.2) is 8.68 Å². The largest absolute Gasteiger partial charge is 0.220 e. The molecule has 0 aliphatic rings. The quantitative estimate of drug-likeness (QED) is 0.663. The molecule has 0 saturated carbocycles. The first-order valence-corrected chi connectivity index (χ1v) is 9.20. The minimum atomic E-state index is 0.185. The van der Waals surface area contributed by atoms with Gasteiger partial charge >= 0.3 is 0 Å². The summed E-state index contributed by atoms with van der Waals surface area (Å²) in [4.78, 5) is 0. The van der Waals surface area contributed by atoms with Crippen molar-refractivity contribution in [3.63, 3.8) is 0 Å². The fourth-order valence-electron chi connectivity index (χ4n) is 1.71. The summed E-state index contributed by atoms with van der Waals surface area (Å²) in [6.45, 7) is 2.10. The van der Waals surface area contributed by atoms with E-state index in [1.54, 1.807) is 39.5 Å². The van der Waals surface area contributed by atoms with Crippen LogP contribution in [0, 0.1) is 0 Å². The van der Waals surface area contributed by atoms with Gasteiger partial charge in [-0.2, -0.15) is 0 Å². The van der Waals surface area contributed by atoms with E-state index in [-0.39, 0.29) is 5.25 Å². The first kappa shape index (κ1) is 14.6. The van der Waals surface area contributed by atoms with E-state index in [9.17, 15) is 0 Å². The molecule has 1 aromatic carbocycles. The predicted molar refractivity (Wildman–Crippen MR) is 87.3 cm³/mol. The molecule has 0 N–H and O–H groups in total. The van der Waals surface area contributed by atoms with E-state index >= 15 is 0 Å². The minimum absolute atomic E-state index is 0.185. The normalized spacial score (nSPS) is 12.5. The summed E-state index contributed by atoms with van der Waals surface area (Å²) in [6, 6.07) is 9.97.